The van der Waals surface area contributed by atoms with Crippen LogP contribution in [-0.2, 0) is 0 Å². The van der Waals surface area contributed by atoms with Gasteiger partial charge in [-0.2, -0.15) is 4.98 Å². The van der Waals surface area contributed by atoms with Crippen LogP contribution in [0.5, 0.6) is 11.8 Å². The highest BCUT2D eigenvalue weighted by atomic mass is 16.5. The van der Waals surface area contributed by atoms with Gasteiger partial charge in [0.2, 0.25) is 0 Å². The van der Waals surface area contributed by atoms with Crippen LogP contribution in [0.2, 0.25) is 0 Å². The highest BCUT2D eigenvalue weighted by molar-refractivity contribution is 5.80. The van der Waals surface area contributed by atoms with Crippen LogP contribution in [0.3, 0.4) is 0 Å². The molecule has 24 heavy (non-hydrogen) atoms. The molecule has 3 nitrogen and oxygen atoms in total. The number of hydrogen-bond donors (Lipinski definition) is 0. The predicted octanol–water partition coefficient (Wildman–Crippen LogP) is 5.43. The Morgan fingerprint density at radius 3 is 2.25 bits per heavy atom. The maximum atomic E-state index is 6.07. The Morgan fingerprint density at radius 2 is 1.50 bits per heavy atom. The zero-order chi connectivity index (χ0) is 16.5. The van der Waals surface area contributed by atoms with Crippen molar-refractivity contribution in [2.75, 3.05) is 0 Å². The van der Waals surface area contributed by atoms with E-state index >= 15 is 0 Å². The van der Waals surface area contributed by atoms with Crippen molar-refractivity contribution in [3.05, 3.63) is 83.9 Å². The Kier molecular flexibility index (Phi) is 3.54. The maximum Gasteiger partial charge on any atom is 0.307 e. The maximum absolute atomic E-state index is 6.07. The van der Waals surface area contributed by atoms with Crippen molar-refractivity contribution in [2.24, 2.45) is 0 Å². The summed E-state index contributed by atoms with van der Waals surface area (Å²) < 4.78 is 8.14. The van der Waals surface area contributed by atoms with Crippen molar-refractivity contribution in [1.82, 2.24) is 9.55 Å². The minimum Gasteiger partial charge on any atom is -0.425 e. The summed E-state index contributed by atoms with van der Waals surface area (Å²) in [5, 5.41) is 0. The molecule has 0 bridgehead atoms. The largest absolute Gasteiger partial charge is 0.425 e. The molecule has 0 radical (unpaired) electrons. The molecule has 0 N–H and O–H groups in total. The van der Waals surface area contributed by atoms with Crippen LogP contribution in [0, 0.1) is 13.8 Å². The standard InChI is InChI=1S/C21H18N2O/c1-15-8-11-17(12-9-15)23-20-14-16(2)10-13-19(20)22-21(23)24-18-6-4-3-5-7-18/h3-14H,1-2H3. The molecule has 0 unspecified atom stereocenters. The molecule has 0 saturated carbocycles. The summed E-state index contributed by atoms with van der Waals surface area (Å²) in [4.78, 5) is 4.69. The van der Waals surface area contributed by atoms with Crippen molar-refractivity contribution in [3.8, 4) is 17.4 Å². The first-order valence-electron chi connectivity index (χ1n) is 8.00. The van der Waals surface area contributed by atoms with E-state index in [-0.39, 0.29) is 0 Å². The van der Waals surface area contributed by atoms with E-state index in [2.05, 4.69) is 59.8 Å². The molecule has 0 fully saturated rings. The van der Waals surface area contributed by atoms with Gasteiger partial charge in [0, 0.05) is 0 Å². The van der Waals surface area contributed by atoms with Crippen LogP contribution in [-0.4, -0.2) is 9.55 Å². The van der Waals surface area contributed by atoms with E-state index in [4.69, 9.17) is 4.74 Å². The monoisotopic (exact) mass is 314 g/mol. The first-order chi connectivity index (χ1) is 11.7. The smallest absolute Gasteiger partial charge is 0.307 e. The van der Waals surface area contributed by atoms with Gasteiger partial charge in [0.15, 0.2) is 0 Å². The minimum absolute atomic E-state index is 0.575. The lowest BCUT2D eigenvalue weighted by Gasteiger charge is -2.10. The molecule has 0 spiro atoms. The topological polar surface area (TPSA) is 27.1 Å². The Hall–Kier alpha value is -3.07. The molecule has 0 saturated heterocycles. The van der Waals surface area contributed by atoms with E-state index < -0.39 is 0 Å². The average Bonchev–Trinajstić information content (AvgIpc) is 2.94. The van der Waals surface area contributed by atoms with Gasteiger partial charge < -0.3 is 4.74 Å². The van der Waals surface area contributed by atoms with Crippen LogP contribution in [0.15, 0.2) is 72.8 Å². The second kappa shape index (κ2) is 5.85. The SMILES string of the molecule is Cc1ccc(-n2c(Oc3ccccc3)nc3ccc(C)cc32)cc1. The third kappa shape index (κ3) is 2.65. The fourth-order valence-corrected chi connectivity index (χ4v) is 2.77. The fraction of sp³-hybridized carbons (Fsp3) is 0.0952. The quantitative estimate of drug-likeness (QED) is 0.504. The molecular formula is C21H18N2O. The number of nitrogens with zero attached hydrogens (tertiary/aromatic N) is 2. The summed E-state index contributed by atoms with van der Waals surface area (Å²) in [6.45, 7) is 4.17. The second-order valence-electron chi connectivity index (χ2n) is 5.97. The first kappa shape index (κ1) is 14.5. The average molecular weight is 314 g/mol. The number of para-hydroxylation sites is 1. The Morgan fingerprint density at radius 1 is 0.792 bits per heavy atom. The summed E-state index contributed by atoms with van der Waals surface area (Å²) in [6, 6.07) is 25.0. The fourth-order valence-electron chi connectivity index (χ4n) is 2.77. The van der Waals surface area contributed by atoms with Crippen molar-refractivity contribution in [1.29, 1.82) is 0 Å². The normalized spacial score (nSPS) is 10.9. The molecule has 0 atom stereocenters. The zero-order valence-electron chi connectivity index (χ0n) is 13.7. The Bertz CT molecular complexity index is 986. The van der Waals surface area contributed by atoms with Gasteiger partial charge >= 0.3 is 6.01 Å². The van der Waals surface area contributed by atoms with Crippen LogP contribution in [0.25, 0.3) is 16.7 Å². The van der Waals surface area contributed by atoms with E-state index in [1.807, 2.05) is 36.4 Å². The molecule has 118 valence electrons. The van der Waals surface area contributed by atoms with Crippen LogP contribution in [0.1, 0.15) is 11.1 Å². The second-order valence-corrected chi connectivity index (χ2v) is 5.97. The predicted molar refractivity (Wildman–Crippen MR) is 97.1 cm³/mol. The van der Waals surface area contributed by atoms with Gasteiger partial charge in [-0.25, -0.2) is 0 Å². The number of aromatic nitrogens is 2. The summed E-state index contributed by atoms with van der Waals surface area (Å²) in [6.07, 6.45) is 0. The van der Waals surface area contributed by atoms with Crippen molar-refractivity contribution >= 4 is 11.0 Å². The first-order valence-corrected chi connectivity index (χ1v) is 8.00. The summed E-state index contributed by atoms with van der Waals surface area (Å²) in [5.41, 5.74) is 5.43. The highest BCUT2D eigenvalue weighted by Crippen LogP contribution is 2.30. The molecule has 0 amide bonds. The van der Waals surface area contributed by atoms with E-state index in [0.29, 0.717) is 6.01 Å². The molecule has 4 aromatic rings. The molecule has 1 aromatic heterocycles. The molecule has 1 heterocycles. The van der Waals surface area contributed by atoms with Crippen molar-refractivity contribution in [2.45, 2.75) is 13.8 Å². The van der Waals surface area contributed by atoms with Gasteiger partial charge in [-0.05, 0) is 55.8 Å². The summed E-state index contributed by atoms with van der Waals surface area (Å²) in [5.74, 6) is 0.776. The molecule has 0 aliphatic rings. The molecule has 3 aromatic carbocycles. The number of imidazole rings is 1. The van der Waals surface area contributed by atoms with Crippen LogP contribution in [0.4, 0.5) is 0 Å². The van der Waals surface area contributed by atoms with Gasteiger partial charge in [-0.15, -0.1) is 0 Å². The minimum atomic E-state index is 0.575. The highest BCUT2D eigenvalue weighted by Gasteiger charge is 2.14. The van der Waals surface area contributed by atoms with Gasteiger partial charge in [-0.1, -0.05) is 42.0 Å². The van der Waals surface area contributed by atoms with E-state index in [1.54, 1.807) is 0 Å². The molecule has 0 aliphatic carbocycles. The lowest BCUT2D eigenvalue weighted by molar-refractivity contribution is 0.437. The van der Waals surface area contributed by atoms with Crippen LogP contribution >= 0.6 is 0 Å². The van der Waals surface area contributed by atoms with Gasteiger partial charge in [0.25, 0.3) is 0 Å². The zero-order valence-corrected chi connectivity index (χ0v) is 13.7. The lowest BCUT2D eigenvalue weighted by Crippen LogP contribution is -1.98. The number of ether oxygens (including phenoxy) is 1. The molecule has 0 aliphatic heterocycles. The lowest BCUT2D eigenvalue weighted by atomic mass is 10.2. The number of aryl methyl sites for hydroxylation is 2. The Balaban J connectivity index is 1.92. The van der Waals surface area contributed by atoms with Gasteiger partial charge in [-0.3, -0.25) is 4.57 Å². The van der Waals surface area contributed by atoms with Gasteiger partial charge in [0.1, 0.15) is 5.75 Å². The number of rotatable bonds is 3. The summed E-state index contributed by atoms with van der Waals surface area (Å²) in [7, 11) is 0. The number of fused-ring (bicyclic) bond motifs is 1. The van der Waals surface area contributed by atoms with Crippen molar-refractivity contribution in [3.63, 3.8) is 0 Å². The van der Waals surface area contributed by atoms with Crippen LogP contribution < -0.4 is 4.74 Å². The van der Waals surface area contributed by atoms with E-state index in [1.165, 1.54) is 11.1 Å². The van der Waals surface area contributed by atoms with E-state index in [0.717, 1.165) is 22.5 Å². The van der Waals surface area contributed by atoms with Crippen molar-refractivity contribution < 1.29 is 4.74 Å². The third-order valence-corrected chi connectivity index (χ3v) is 4.02. The molecule has 3 heteroatoms. The molecular weight excluding hydrogens is 296 g/mol. The summed E-state index contributed by atoms with van der Waals surface area (Å²) >= 11 is 0. The number of benzene rings is 3. The third-order valence-electron chi connectivity index (χ3n) is 4.02. The van der Waals surface area contributed by atoms with E-state index in [9.17, 15) is 0 Å². The molecule has 4 rings (SSSR count). The van der Waals surface area contributed by atoms with Gasteiger partial charge in [0.05, 0.1) is 16.7 Å². The number of hydrogen-bond acceptors (Lipinski definition) is 2. The Labute approximate surface area is 141 Å².